The van der Waals surface area contributed by atoms with E-state index in [0.717, 1.165) is 5.56 Å². The molecule has 7 nitrogen and oxygen atoms in total. The number of ether oxygens (including phenoxy) is 4. The van der Waals surface area contributed by atoms with Crippen molar-refractivity contribution in [3.05, 3.63) is 53.1 Å². The van der Waals surface area contributed by atoms with E-state index in [2.05, 4.69) is 5.32 Å². The average molecular weight is 394 g/mol. The third-order valence-corrected chi connectivity index (χ3v) is 3.69. The molecule has 0 heterocycles. The molecule has 0 saturated carbocycles. The molecule has 0 fully saturated rings. The highest BCUT2D eigenvalue weighted by Crippen LogP contribution is 2.27. The summed E-state index contributed by atoms with van der Waals surface area (Å²) in [6.07, 6.45) is 0. The van der Waals surface area contributed by atoms with Crippen molar-refractivity contribution in [1.29, 1.82) is 0 Å². The van der Waals surface area contributed by atoms with Gasteiger partial charge in [0.1, 0.15) is 5.75 Å². The summed E-state index contributed by atoms with van der Waals surface area (Å²) in [7, 11) is 3.08. The summed E-state index contributed by atoms with van der Waals surface area (Å²) < 4.78 is 20.5. The third kappa shape index (κ3) is 6.71. The summed E-state index contributed by atoms with van der Waals surface area (Å²) in [4.78, 5) is 23.5. The zero-order valence-corrected chi connectivity index (χ0v) is 15.7. The molecule has 0 unspecified atom stereocenters. The van der Waals surface area contributed by atoms with Crippen molar-refractivity contribution < 1.29 is 28.5 Å². The number of hydrogen-bond donors (Lipinski definition) is 1. The van der Waals surface area contributed by atoms with Crippen LogP contribution in [0.15, 0.2) is 42.5 Å². The molecular formula is C19H20ClNO6. The summed E-state index contributed by atoms with van der Waals surface area (Å²) in [6, 6.07) is 11.9. The van der Waals surface area contributed by atoms with Crippen LogP contribution in [-0.2, 0) is 20.9 Å². The van der Waals surface area contributed by atoms with Crippen LogP contribution in [0.1, 0.15) is 5.56 Å². The molecule has 0 aliphatic heterocycles. The fourth-order valence-electron chi connectivity index (χ4n) is 2.13. The van der Waals surface area contributed by atoms with E-state index < -0.39 is 18.5 Å². The molecule has 0 spiro atoms. The fourth-order valence-corrected chi connectivity index (χ4v) is 2.31. The van der Waals surface area contributed by atoms with E-state index >= 15 is 0 Å². The van der Waals surface area contributed by atoms with Gasteiger partial charge in [-0.25, -0.2) is 4.79 Å². The summed E-state index contributed by atoms with van der Waals surface area (Å²) in [5.41, 5.74) is 0.816. The summed E-state index contributed by atoms with van der Waals surface area (Å²) >= 11 is 5.82. The van der Waals surface area contributed by atoms with Crippen molar-refractivity contribution in [2.45, 2.75) is 6.54 Å². The van der Waals surface area contributed by atoms with Gasteiger partial charge in [0.05, 0.1) is 14.2 Å². The SMILES string of the molecule is COc1ccc(CNC(=O)COC(=O)COc2cccc(Cl)c2)cc1OC. The second-order valence-corrected chi connectivity index (χ2v) is 5.81. The van der Waals surface area contributed by atoms with Gasteiger partial charge in [-0.2, -0.15) is 0 Å². The van der Waals surface area contributed by atoms with Crippen LogP contribution in [0.5, 0.6) is 17.2 Å². The lowest BCUT2D eigenvalue weighted by atomic mass is 10.2. The number of hydrogen-bond acceptors (Lipinski definition) is 6. The van der Waals surface area contributed by atoms with Crippen molar-refractivity contribution in [2.24, 2.45) is 0 Å². The summed E-state index contributed by atoms with van der Waals surface area (Å²) in [6.45, 7) is -0.454. The second kappa shape index (κ2) is 10.3. The molecule has 0 aliphatic rings. The number of esters is 1. The van der Waals surface area contributed by atoms with Crippen LogP contribution in [0, 0.1) is 0 Å². The van der Waals surface area contributed by atoms with E-state index in [0.29, 0.717) is 22.3 Å². The Kier molecular flexibility index (Phi) is 7.76. The Labute approximate surface area is 162 Å². The molecule has 0 radical (unpaired) electrons. The number of methoxy groups -OCH3 is 2. The van der Waals surface area contributed by atoms with Crippen LogP contribution < -0.4 is 19.5 Å². The number of carbonyl (C=O) groups excluding carboxylic acids is 2. The van der Waals surface area contributed by atoms with E-state index in [4.69, 9.17) is 30.5 Å². The highest BCUT2D eigenvalue weighted by Gasteiger charge is 2.10. The van der Waals surface area contributed by atoms with E-state index in [9.17, 15) is 9.59 Å². The first-order valence-corrected chi connectivity index (χ1v) is 8.41. The number of amides is 1. The molecule has 0 aromatic heterocycles. The third-order valence-electron chi connectivity index (χ3n) is 3.45. The maximum atomic E-state index is 11.8. The lowest BCUT2D eigenvalue weighted by molar-refractivity contribution is -0.150. The van der Waals surface area contributed by atoms with Gasteiger partial charge in [0.25, 0.3) is 5.91 Å². The van der Waals surface area contributed by atoms with Crippen molar-refractivity contribution in [1.82, 2.24) is 5.32 Å². The van der Waals surface area contributed by atoms with E-state index in [-0.39, 0.29) is 13.2 Å². The lowest BCUT2D eigenvalue weighted by Crippen LogP contribution is -2.29. The van der Waals surface area contributed by atoms with Crippen molar-refractivity contribution >= 4 is 23.5 Å². The molecular weight excluding hydrogens is 374 g/mol. The molecule has 1 amide bonds. The van der Waals surface area contributed by atoms with Gasteiger partial charge in [0, 0.05) is 11.6 Å². The monoisotopic (exact) mass is 393 g/mol. The molecule has 0 atom stereocenters. The predicted octanol–water partition coefficient (Wildman–Crippen LogP) is 2.60. The number of nitrogens with one attached hydrogen (secondary N) is 1. The largest absolute Gasteiger partial charge is 0.493 e. The minimum Gasteiger partial charge on any atom is -0.493 e. The molecule has 144 valence electrons. The van der Waals surface area contributed by atoms with Gasteiger partial charge >= 0.3 is 5.97 Å². The summed E-state index contributed by atoms with van der Waals surface area (Å²) in [5, 5.41) is 3.15. The molecule has 0 aliphatic carbocycles. The topological polar surface area (TPSA) is 83.1 Å². The molecule has 1 N–H and O–H groups in total. The maximum absolute atomic E-state index is 11.8. The Hall–Kier alpha value is -2.93. The van der Waals surface area contributed by atoms with E-state index in [1.165, 1.54) is 7.11 Å². The number of carbonyl (C=O) groups is 2. The number of halogens is 1. The van der Waals surface area contributed by atoms with Crippen molar-refractivity contribution in [3.8, 4) is 17.2 Å². The molecule has 0 saturated heterocycles. The van der Waals surface area contributed by atoms with Gasteiger partial charge in [-0.15, -0.1) is 0 Å². The molecule has 2 aromatic rings. The van der Waals surface area contributed by atoms with Gasteiger partial charge in [-0.3, -0.25) is 4.79 Å². The van der Waals surface area contributed by atoms with Gasteiger partial charge in [0.2, 0.25) is 0 Å². The minimum atomic E-state index is -0.656. The van der Waals surface area contributed by atoms with E-state index in [1.54, 1.807) is 49.6 Å². The first-order chi connectivity index (χ1) is 13.0. The maximum Gasteiger partial charge on any atom is 0.344 e. The second-order valence-electron chi connectivity index (χ2n) is 5.37. The van der Waals surface area contributed by atoms with Crippen LogP contribution in [-0.4, -0.2) is 39.3 Å². The minimum absolute atomic E-state index is 0.260. The van der Waals surface area contributed by atoms with Gasteiger partial charge in [-0.1, -0.05) is 23.7 Å². The molecule has 8 heteroatoms. The Bertz CT molecular complexity index is 796. The van der Waals surface area contributed by atoms with Crippen LogP contribution in [0.3, 0.4) is 0 Å². The Morgan fingerprint density at radius 1 is 1.00 bits per heavy atom. The standard InChI is InChI=1S/C19H20ClNO6/c1-24-16-7-6-13(8-17(16)25-2)10-21-18(22)11-27-19(23)12-26-15-5-3-4-14(20)9-15/h3-9H,10-12H2,1-2H3,(H,21,22). The first-order valence-electron chi connectivity index (χ1n) is 8.03. The molecule has 0 bridgehead atoms. The molecule has 27 heavy (non-hydrogen) atoms. The van der Waals surface area contributed by atoms with Crippen LogP contribution in [0.4, 0.5) is 0 Å². The normalized spacial score (nSPS) is 10.0. The Morgan fingerprint density at radius 3 is 2.48 bits per heavy atom. The van der Waals surface area contributed by atoms with Gasteiger partial charge < -0.3 is 24.3 Å². The van der Waals surface area contributed by atoms with Crippen LogP contribution >= 0.6 is 11.6 Å². The molecule has 2 rings (SSSR count). The zero-order chi connectivity index (χ0) is 19.6. The number of rotatable bonds is 9. The average Bonchev–Trinajstić information content (AvgIpc) is 2.68. The molecule has 2 aromatic carbocycles. The lowest BCUT2D eigenvalue weighted by Gasteiger charge is -2.11. The van der Waals surface area contributed by atoms with Crippen molar-refractivity contribution in [3.63, 3.8) is 0 Å². The quantitative estimate of drug-likeness (QED) is 0.659. The van der Waals surface area contributed by atoms with Gasteiger partial charge in [-0.05, 0) is 35.9 Å². The highest BCUT2D eigenvalue weighted by molar-refractivity contribution is 6.30. The highest BCUT2D eigenvalue weighted by atomic mass is 35.5. The van der Waals surface area contributed by atoms with E-state index in [1.807, 2.05) is 0 Å². The first kappa shape index (κ1) is 20.4. The zero-order valence-electron chi connectivity index (χ0n) is 15.0. The van der Waals surface area contributed by atoms with Crippen molar-refractivity contribution in [2.75, 3.05) is 27.4 Å². The van der Waals surface area contributed by atoms with Crippen LogP contribution in [0.2, 0.25) is 5.02 Å². The Balaban J connectivity index is 1.72. The van der Waals surface area contributed by atoms with Gasteiger partial charge in [0.15, 0.2) is 24.7 Å². The van der Waals surface area contributed by atoms with Crippen LogP contribution in [0.25, 0.3) is 0 Å². The predicted molar refractivity (Wildman–Crippen MR) is 99.3 cm³/mol. The smallest absolute Gasteiger partial charge is 0.344 e. The number of benzene rings is 2. The summed E-state index contributed by atoms with van der Waals surface area (Å²) in [5.74, 6) is 0.518. The Morgan fingerprint density at radius 2 is 1.78 bits per heavy atom. The fraction of sp³-hybridized carbons (Fsp3) is 0.263.